The predicted octanol–water partition coefficient (Wildman–Crippen LogP) is 2.58. The summed E-state index contributed by atoms with van der Waals surface area (Å²) in [6.45, 7) is 3.80. The van der Waals surface area contributed by atoms with E-state index in [4.69, 9.17) is 17.3 Å². The van der Waals surface area contributed by atoms with Crippen molar-refractivity contribution in [3.05, 3.63) is 46.2 Å². The van der Waals surface area contributed by atoms with Gasteiger partial charge in [0.25, 0.3) is 5.91 Å². The second kappa shape index (κ2) is 5.24. The average molecular weight is 277 g/mol. The number of amides is 1. The van der Waals surface area contributed by atoms with Crippen LogP contribution in [0, 0.1) is 13.8 Å². The van der Waals surface area contributed by atoms with Crippen molar-refractivity contribution in [2.24, 2.45) is 0 Å². The van der Waals surface area contributed by atoms with Crippen molar-refractivity contribution in [1.29, 1.82) is 0 Å². The Morgan fingerprint density at radius 2 is 2.05 bits per heavy atom. The van der Waals surface area contributed by atoms with Crippen LogP contribution in [0.5, 0.6) is 0 Å². The molecule has 1 amide bonds. The summed E-state index contributed by atoms with van der Waals surface area (Å²) in [4.78, 5) is 20.1. The van der Waals surface area contributed by atoms with E-state index in [2.05, 4.69) is 15.3 Å². The molecule has 2 aromatic rings. The minimum absolute atomic E-state index is 0.197. The van der Waals surface area contributed by atoms with Crippen molar-refractivity contribution in [2.45, 2.75) is 13.8 Å². The van der Waals surface area contributed by atoms with Crippen LogP contribution in [0.3, 0.4) is 0 Å². The van der Waals surface area contributed by atoms with Crippen LogP contribution in [-0.4, -0.2) is 15.9 Å². The molecular weight excluding hydrogens is 264 g/mol. The zero-order valence-electron chi connectivity index (χ0n) is 10.6. The first-order valence-corrected chi connectivity index (χ1v) is 6.01. The third-order valence-electron chi connectivity index (χ3n) is 2.47. The molecule has 3 N–H and O–H groups in total. The number of aryl methyl sites for hydroxylation is 2. The fourth-order valence-electron chi connectivity index (χ4n) is 1.67. The summed E-state index contributed by atoms with van der Waals surface area (Å²) in [5, 5.41) is 2.95. The lowest BCUT2D eigenvalue weighted by molar-refractivity contribution is 0.102. The topological polar surface area (TPSA) is 80.9 Å². The highest BCUT2D eigenvalue weighted by Crippen LogP contribution is 2.17. The molecule has 0 radical (unpaired) electrons. The molecule has 0 aromatic carbocycles. The number of pyridine rings is 2. The van der Waals surface area contributed by atoms with Crippen molar-refractivity contribution in [3.8, 4) is 0 Å². The van der Waals surface area contributed by atoms with Gasteiger partial charge in [0.15, 0.2) is 0 Å². The molecule has 0 unspecified atom stereocenters. The highest BCUT2D eigenvalue weighted by molar-refractivity contribution is 6.33. The van der Waals surface area contributed by atoms with E-state index in [1.807, 2.05) is 19.9 Å². The van der Waals surface area contributed by atoms with Crippen LogP contribution in [0.2, 0.25) is 5.02 Å². The van der Waals surface area contributed by atoms with E-state index < -0.39 is 0 Å². The number of anilines is 2. The first kappa shape index (κ1) is 13.3. The lowest BCUT2D eigenvalue weighted by Gasteiger charge is -2.07. The molecule has 0 aliphatic carbocycles. The number of nitrogens with zero attached hydrogens (tertiary/aromatic N) is 2. The van der Waals surface area contributed by atoms with Gasteiger partial charge in [-0.1, -0.05) is 11.6 Å². The molecule has 2 rings (SSSR count). The Morgan fingerprint density at radius 3 is 2.68 bits per heavy atom. The fraction of sp³-hybridized carbons (Fsp3) is 0.154. The van der Waals surface area contributed by atoms with Crippen LogP contribution in [0.1, 0.15) is 21.6 Å². The highest BCUT2D eigenvalue weighted by Gasteiger charge is 2.10. The number of carbonyl (C=O) groups is 1. The standard InChI is InChI=1S/C13H13ClN4O/c1-7-3-8(2)17-11(4-7)18-13(19)9-5-10(14)12(15)16-6-9/h3-6H,1-2H3,(H2,15,16)(H,17,18,19). The third-order valence-corrected chi connectivity index (χ3v) is 2.77. The lowest BCUT2D eigenvalue weighted by atomic mass is 10.2. The molecule has 0 saturated heterocycles. The predicted molar refractivity (Wildman–Crippen MR) is 75.3 cm³/mol. The first-order valence-electron chi connectivity index (χ1n) is 5.63. The largest absolute Gasteiger partial charge is 0.382 e. The number of nitrogens with two attached hydrogens (primary N) is 1. The van der Waals surface area contributed by atoms with Gasteiger partial charge in [0.05, 0.1) is 10.6 Å². The zero-order valence-corrected chi connectivity index (χ0v) is 11.3. The number of hydrogen-bond acceptors (Lipinski definition) is 4. The Hall–Kier alpha value is -2.14. The molecule has 0 aliphatic rings. The van der Waals surface area contributed by atoms with Crippen LogP contribution < -0.4 is 11.1 Å². The number of nitrogen functional groups attached to an aromatic ring is 1. The van der Waals surface area contributed by atoms with Crippen molar-refractivity contribution in [3.63, 3.8) is 0 Å². The van der Waals surface area contributed by atoms with Crippen LogP contribution >= 0.6 is 11.6 Å². The quantitative estimate of drug-likeness (QED) is 0.883. The van der Waals surface area contributed by atoms with Gasteiger partial charge in [0.2, 0.25) is 0 Å². The van der Waals surface area contributed by atoms with E-state index in [1.54, 1.807) is 6.07 Å². The van der Waals surface area contributed by atoms with Crippen molar-refractivity contribution < 1.29 is 4.79 Å². The van der Waals surface area contributed by atoms with Gasteiger partial charge in [-0.15, -0.1) is 0 Å². The first-order chi connectivity index (χ1) is 8.95. The summed E-state index contributed by atoms with van der Waals surface area (Å²) in [6, 6.07) is 5.19. The van der Waals surface area contributed by atoms with Crippen LogP contribution in [0.15, 0.2) is 24.4 Å². The number of hydrogen-bond donors (Lipinski definition) is 2. The number of rotatable bonds is 2. The molecule has 0 atom stereocenters. The molecule has 5 nitrogen and oxygen atoms in total. The summed E-state index contributed by atoms with van der Waals surface area (Å²) in [6.07, 6.45) is 1.37. The molecule has 0 fully saturated rings. The number of aromatic nitrogens is 2. The third kappa shape index (κ3) is 3.20. The summed E-state index contributed by atoms with van der Waals surface area (Å²) < 4.78 is 0. The van der Waals surface area contributed by atoms with Gasteiger partial charge in [-0.3, -0.25) is 4.79 Å². The molecule has 0 aliphatic heterocycles. The number of halogens is 1. The van der Waals surface area contributed by atoms with E-state index in [9.17, 15) is 4.79 Å². The maximum atomic E-state index is 12.0. The van der Waals surface area contributed by atoms with E-state index in [0.717, 1.165) is 11.3 Å². The smallest absolute Gasteiger partial charge is 0.258 e. The van der Waals surface area contributed by atoms with E-state index in [1.165, 1.54) is 12.3 Å². The van der Waals surface area contributed by atoms with Crippen molar-refractivity contribution in [2.75, 3.05) is 11.1 Å². The maximum Gasteiger partial charge on any atom is 0.258 e. The minimum Gasteiger partial charge on any atom is -0.382 e. The van der Waals surface area contributed by atoms with Crippen LogP contribution in [0.25, 0.3) is 0 Å². The van der Waals surface area contributed by atoms with Gasteiger partial charge in [-0.2, -0.15) is 0 Å². The zero-order chi connectivity index (χ0) is 14.0. The summed E-state index contributed by atoms with van der Waals surface area (Å²) in [5.41, 5.74) is 7.69. The Balaban J connectivity index is 2.22. The average Bonchev–Trinajstić information content (AvgIpc) is 2.31. The van der Waals surface area contributed by atoms with E-state index >= 15 is 0 Å². The van der Waals surface area contributed by atoms with Gasteiger partial charge in [0.1, 0.15) is 11.6 Å². The Morgan fingerprint density at radius 1 is 1.32 bits per heavy atom. The molecule has 19 heavy (non-hydrogen) atoms. The van der Waals surface area contributed by atoms with E-state index in [-0.39, 0.29) is 16.7 Å². The molecule has 0 bridgehead atoms. The second-order valence-corrected chi connectivity index (χ2v) is 4.62. The monoisotopic (exact) mass is 276 g/mol. The molecule has 0 saturated carbocycles. The van der Waals surface area contributed by atoms with Gasteiger partial charge < -0.3 is 11.1 Å². The van der Waals surface area contributed by atoms with Crippen molar-refractivity contribution >= 4 is 29.1 Å². The van der Waals surface area contributed by atoms with Gasteiger partial charge >= 0.3 is 0 Å². The summed E-state index contributed by atoms with van der Waals surface area (Å²) in [7, 11) is 0. The molecule has 0 spiro atoms. The van der Waals surface area contributed by atoms with Gasteiger partial charge in [-0.05, 0) is 37.6 Å². The normalized spacial score (nSPS) is 10.3. The van der Waals surface area contributed by atoms with Crippen LogP contribution in [0.4, 0.5) is 11.6 Å². The molecule has 2 heterocycles. The fourth-order valence-corrected chi connectivity index (χ4v) is 1.83. The number of nitrogens with one attached hydrogen (secondary N) is 1. The minimum atomic E-state index is -0.327. The second-order valence-electron chi connectivity index (χ2n) is 4.22. The Labute approximate surface area is 115 Å². The molecule has 98 valence electrons. The van der Waals surface area contributed by atoms with Crippen molar-refractivity contribution in [1.82, 2.24) is 9.97 Å². The SMILES string of the molecule is Cc1cc(C)nc(NC(=O)c2cnc(N)c(Cl)c2)c1. The van der Waals surface area contributed by atoms with Crippen LogP contribution in [-0.2, 0) is 0 Å². The lowest BCUT2D eigenvalue weighted by Crippen LogP contribution is -2.14. The maximum absolute atomic E-state index is 12.0. The summed E-state index contributed by atoms with van der Waals surface area (Å²) >= 11 is 5.83. The molecule has 2 aromatic heterocycles. The number of carbonyl (C=O) groups excluding carboxylic acids is 1. The van der Waals surface area contributed by atoms with Gasteiger partial charge in [0, 0.05) is 11.9 Å². The summed E-state index contributed by atoms with van der Waals surface area (Å²) in [5.74, 6) is 0.366. The Bertz CT molecular complexity index is 622. The Kier molecular flexibility index (Phi) is 3.66. The highest BCUT2D eigenvalue weighted by atomic mass is 35.5. The van der Waals surface area contributed by atoms with E-state index in [0.29, 0.717) is 11.4 Å². The molecule has 6 heteroatoms. The van der Waals surface area contributed by atoms with Gasteiger partial charge in [-0.25, -0.2) is 9.97 Å². The molecular formula is C13H13ClN4O.